The molecule has 2 aromatic rings. The van der Waals surface area contributed by atoms with Crippen LogP contribution >= 0.6 is 11.3 Å². The van der Waals surface area contributed by atoms with Gasteiger partial charge in [0.15, 0.2) is 4.88 Å². The van der Waals surface area contributed by atoms with Crippen molar-refractivity contribution in [2.75, 3.05) is 7.11 Å². The van der Waals surface area contributed by atoms with E-state index in [1.54, 1.807) is 0 Å². The molecule has 0 amide bonds. The second-order valence-electron chi connectivity index (χ2n) is 2.91. The number of methoxy groups -OCH3 is 1. The monoisotopic (exact) mass is 226 g/mol. The first-order chi connectivity index (χ1) is 7.13. The van der Waals surface area contributed by atoms with Gasteiger partial charge in [-0.2, -0.15) is 0 Å². The van der Waals surface area contributed by atoms with E-state index in [4.69, 9.17) is 0 Å². The second-order valence-corrected chi connectivity index (χ2v) is 3.96. The molecule has 78 valence electrons. The van der Waals surface area contributed by atoms with E-state index >= 15 is 0 Å². The molecule has 0 spiro atoms. The van der Waals surface area contributed by atoms with Crippen LogP contribution in [0.25, 0.3) is 10.1 Å². The fourth-order valence-corrected chi connectivity index (χ4v) is 2.33. The fraction of sp³-hybridized carbons (Fsp3) is 0.100. The van der Waals surface area contributed by atoms with E-state index in [9.17, 15) is 14.3 Å². The van der Waals surface area contributed by atoms with Gasteiger partial charge in [-0.3, -0.25) is 0 Å². The van der Waals surface area contributed by atoms with E-state index in [2.05, 4.69) is 4.74 Å². The molecule has 0 unspecified atom stereocenters. The van der Waals surface area contributed by atoms with Crippen LogP contribution in [0.3, 0.4) is 0 Å². The Morgan fingerprint density at radius 2 is 2.27 bits per heavy atom. The summed E-state index contributed by atoms with van der Waals surface area (Å²) in [5.74, 6) is -1.17. The first-order valence-corrected chi connectivity index (χ1v) is 4.94. The van der Waals surface area contributed by atoms with Crippen LogP contribution in [-0.4, -0.2) is 18.2 Å². The molecule has 1 heterocycles. The molecule has 0 radical (unpaired) electrons. The summed E-state index contributed by atoms with van der Waals surface area (Å²) in [6.45, 7) is 0. The molecule has 1 aromatic heterocycles. The van der Waals surface area contributed by atoms with Gasteiger partial charge in [0.1, 0.15) is 11.6 Å². The molecule has 0 atom stereocenters. The van der Waals surface area contributed by atoms with Crippen molar-refractivity contribution in [1.82, 2.24) is 0 Å². The third-order valence-corrected chi connectivity index (χ3v) is 3.12. The van der Waals surface area contributed by atoms with Gasteiger partial charge in [0, 0.05) is 10.1 Å². The van der Waals surface area contributed by atoms with Gasteiger partial charge in [0.25, 0.3) is 0 Å². The molecule has 0 saturated heterocycles. The highest BCUT2D eigenvalue weighted by atomic mass is 32.1. The van der Waals surface area contributed by atoms with Crippen molar-refractivity contribution in [1.29, 1.82) is 0 Å². The second kappa shape index (κ2) is 3.51. The lowest BCUT2D eigenvalue weighted by Gasteiger charge is -1.94. The molecule has 15 heavy (non-hydrogen) atoms. The minimum absolute atomic E-state index is 0.0955. The highest BCUT2D eigenvalue weighted by Crippen LogP contribution is 2.37. The molecule has 1 aromatic carbocycles. The number of aromatic hydroxyl groups is 1. The summed E-state index contributed by atoms with van der Waals surface area (Å²) < 4.78 is 17.9. The van der Waals surface area contributed by atoms with E-state index in [1.165, 1.54) is 25.3 Å². The normalized spacial score (nSPS) is 10.5. The summed E-state index contributed by atoms with van der Waals surface area (Å²) >= 11 is 1.01. The first-order valence-electron chi connectivity index (χ1n) is 4.13. The van der Waals surface area contributed by atoms with Crippen LogP contribution in [0.5, 0.6) is 5.75 Å². The molecule has 0 aliphatic heterocycles. The van der Waals surface area contributed by atoms with Crippen LogP contribution in [0.4, 0.5) is 4.39 Å². The number of thiophene rings is 1. The summed E-state index contributed by atoms with van der Waals surface area (Å²) in [4.78, 5) is 11.3. The Hall–Kier alpha value is -1.62. The van der Waals surface area contributed by atoms with Crippen molar-refractivity contribution in [3.63, 3.8) is 0 Å². The van der Waals surface area contributed by atoms with Crippen molar-refractivity contribution < 1.29 is 19.0 Å². The van der Waals surface area contributed by atoms with E-state index in [0.717, 1.165) is 11.3 Å². The summed E-state index contributed by atoms with van der Waals surface area (Å²) in [5.41, 5.74) is 0. The maximum absolute atomic E-state index is 12.9. The predicted molar refractivity (Wildman–Crippen MR) is 54.8 cm³/mol. The molecule has 0 fully saturated rings. The Morgan fingerprint density at radius 1 is 1.53 bits per heavy atom. The van der Waals surface area contributed by atoms with Gasteiger partial charge in [-0.15, -0.1) is 11.3 Å². The number of rotatable bonds is 1. The summed E-state index contributed by atoms with van der Waals surface area (Å²) in [7, 11) is 1.23. The zero-order chi connectivity index (χ0) is 11.0. The zero-order valence-corrected chi connectivity index (χ0v) is 8.60. The molecule has 2 rings (SSSR count). The van der Waals surface area contributed by atoms with Gasteiger partial charge in [-0.1, -0.05) is 0 Å². The van der Waals surface area contributed by atoms with E-state index < -0.39 is 11.8 Å². The first kappa shape index (κ1) is 9.92. The van der Waals surface area contributed by atoms with Crippen molar-refractivity contribution >= 4 is 27.4 Å². The van der Waals surface area contributed by atoms with Gasteiger partial charge >= 0.3 is 5.97 Å². The van der Waals surface area contributed by atoms with Gasteiger partial charge in [0.05, 0.1) is 7.11 Å². The number of hydrogen-bond donors (Lipinski definition) is 1. The van der Waals surface area contributed by atoms with Gasteiger partial charge in [-0.05, 0) is 18.2 Å². The Labute approximate surface area is 88.7 Å². The summed E-state index contributed by atoms with van der Waals surface area (Å²) in [5, 5.41) is 10.1. The van der Waals surface area contributed by atoms with Gasteiger partial charge in [-0.25, -0.2) is 9.18 Å². The number of hydrogen-bond acceptors (Lipinski definition) is 4. The highest BCUT2D eigenvalue weighted by Gasteiger charge is 2.18. The Morgan fingerprint density at radius 3 is 2.93 bits per heavy atom. The number of fused-ring (bicyclic) bond motifs is 1. The predicted octanol–water partition coefficient (Wildman–Crippen LogP) is 2.53. The summed E-state index contributed by atoms with van der Waals surface area (Å²) in [6, 6.07) is 3.94. The number of esters is 1. The minimum atomic E-state index is -0.617. The number of ether oxygens (including phenoxy) is 1. The average molecular weight is 226 g/mol. The quantitative estimate of drug-likeness (QED) is 0.760. The Kier molecular flexibility index (Phi) is 2.32. The van der Waals surface area contributed by atoms with Crippen LogP contribution in [0.15, 0.2) is 18.2 Å². The van der Waals surface area contributed by atoms with E-state index in [-0.39, 0.29) is 10.6 Å². The van der Waals surface area contributed by atoms with Crippen molar-refractivity contribution in [3.8, 4) is 5.75 Å². The zero-order valence-electron chi connectivity index (χ0n) is 7.78. The molecule has 0 aliphatic rings. The number of halogens is 1. The maximum atomic E-state index is 12.9. The Balaban J connectivity index is 2.69. The van der Waals surface area contributed by atoms with Crippen molar-refractivity contribution in [2.45, 2.75) is 0 Å². The number of carbonyl (C=O) groups is 1. The molecular weight excluding hydrogens is 219 g/mol. The maximum Gasteiger partial charge on any atom is 0.351 e. The number of carbonyl (C=O) groups excluding carboxylic acids is 1. The smallest absolute Gasteiger partial charge is 0.351 e. The lowest BCUT2D eigenvalue weighted by molar-refractivity contribution is 0.0603. The molecular formula is C10H7FO3S. The van der Waals surface area contributed by atoms with Gasteiger partial charge in [0.2, 0.25) is 0 Å². The lowest BCUT2D eigenvalue weighted by Crippen LogP contribution is -1.97. The molecule has 1 N–H and O–H groups in total. The summed E-state index contributed by atoms with van der Waals surface area (Å²) in [6.07, 6.45) is 0. The molecule has 0 aliphatic carbocycles. The van der Waals surface area contributed by atoms with Crippen LogP contribution in [0.2, 0.25) is 0 Å². The van der Waals surface area contributed by atoms with Crippen LogP contribution in [0.1, 0.15) is 9.67 Å². The highest BCUT2D eigenvalue weighted by molar-refractivity contribution is 7.21. The van der Waals surface area contributed by atoms with Crippen LogP contribution < -0.4 is 0 Å². The third-order valence-electron chi connectivity index (χ3n) is 2.00. The van der Waals surface area contributed by atoms with E-state index in [1.807, 2.05) is 0 Å². The largest absolute Gasteiger partial charge is 0.505 e. The average Bonchev–Trinajstić information content (AvgIpc) is 2.54. The standard InChI is InChI=1S/C10H7FO3S/c1-14-10(13)9-8(12)6-3-2-5(11)4-7(6)15-9/h2-4,12H,1H3. The molecule has 0 saturated carbocycles. The fourth-order valence-electron chi connectivity index (χ4n) is 1.29. The van der Waals surface area contributed by atoms with Crippen molar-refractivity contribution in [2.24, 2.45) is 0 Å². The van der Waals surface area contributed by atoms with Crippen LogP contribution in [0, 0.1) is 5.82 Å². The topological polar surface area (TPSA) is 46.5 Å². The lowest BCUT2D eigenvalue weighted by atomic mass is 10.2. The van der Waals surface area contributed by atoms with Crippen LogP contribution in [-0.2, 0) is 4.74 Å². The minimum Gasteiger partial charge on any atom is -0.505 e. The Bertz CT molecular complexity index is 533. The SMILES string of the molecule is COC(=O)c1sc2cc(F)ccc2c1O. The number of benzene rings is 1. The molecule has 0 bridgehead atoms. The van der Waals surface area contributed by atoms with E-state index in [0.29, 0.717) is 10.1 Å². The third kappa shape index (κ3) is 1.55. The molecule has 3 nitrogen and oxygen atoms in total. The van der Waals surface area contributed by atoms with Crippen molar-refractivity contribution in [3.05, 3.63) is 28.9 Å². The molecule has 5 heteroatoms. The van der Waals surface area contributed by atoms with Gasteiger partial charge < -0.3 is 9.84 Å².